The molecule has 0 amide bonds. The highest BCUT2D eigenvalue weighted by molar-refractivity contribution is 8.01. The Morgan fingerprint density at radius 1 is 1.09 bits per heavy atom. The lowest BCUT2D eigenvalue weighted by Crippen LogP contribution is -2.52. The number of rotatable bonds is 5. The third-order valence-corrected chi connectivity index (χ3v) is 8.47. The molecule has 1 fully saturated rings. The van der Waals surface area contributed by atoms with Crippen molar-refractivity contribution < 1.29 is 4.39 Å². The quantitative estimate of drug-likeness (QED) is 0.375. The van der Waals surface area contributed by atoms with E-state index >= 15 is 0 Å². The van der Waals surface area contributed by atoms with E-state index in [1.54, 1.807) is 12.1 Å². The smallest absolute Gasteiger partial charge is 0.138 e. The summed E-state index contributed by atoms with van der Waals surface area (Å²) in [4.78, 5) is 10.3. The topological polar surface area (TPSA) is 27.6 Å². The van der Waals surface area contributed by atoms with Crippen LogP contribution in [0.5, 0.6) is 0 Å². The normalized spacial score (nSPS) is 16.9. The van der Waals surface area contributed by atoms with Crippen molar-refractivity contribution in [2.75, 3.05) is 19.6 Å². The van der Waals surface area contributed by atoms with E-state index in [-0.39, 0.29) is 30.6 Å². The molecule has 2 aliphatic heterocycles. The summed E-state index contributed by atoms with van der Waals surface area (Å²) in [6.45, 7) is 5.03. The zero-order valence-electron chi connectivity index (χ0n) is 19.1. The van der Waals surface area contributed by atoms with Gasteiger partial charge in [0.25, 0.3) is 0 Å². The molecule has 0 spiro atoms. The van der Waals surface area contributed by atoms with E-state index in [1.165, 1.54) is 25.6 Å². The number of aliphatic imine (C=N–C) groups is 1. The number of para-hydroxylation sites is 1. The molecule has 0 aliphatic carbocycles. The van der Waals surface area contributed by atoms with Crippen molar-refractivity contribution in [3.8, 4) is 0 Å². The van der Waals surface area contributed by atoms with Crippen LogP contribution in [0.1, 0.15) is 35.8 Å². The van der Waals surface area contributed by atoms with E-state index in [9.17, 15) is 4.39 Å². The molecular weight excluding hydrogens is 508 g/mol. The summed E-state index contributed by atoms with van der Waals surface area (Å²) in [6, 6.07) is 18.2. The Kier molecular flexibility index (Phi) is 9.86. The molecule has 5 rings (SSSR count). The second kappa shape index (κ2) is 12.4. The molecule has 0 radical (unpaired) electrons. The number of thiophene rings is 1. The Morgan fingerprint density at radius 3 is 2.76 bits per heavy atom. The first-order valence-electron chi connectivity index (χ1n) is 11.4. The number of halogens is 3. The molecule has 3 heterocycles. The van der Waals surface area contributed by atoms with Crippen molar-refractivity contribution in [3.63, 3.8) is 0 Å². The van der Waals surface area contributed by atoms with Gasteiger partial charge in [0, 0.05) is 41.0 Å². The van der Waals surface area contributed by atoms with Gasteiger partial charge in [0.15, 0.2) is 0 Å². The number of nitrogens with zero attached hydrogens (tertiary/aromatic N) is 2. The molecule has 3 aromatic rings. The Labute approximate surface area is 222 Å². The third-order valence-electron chi connectivity index (χ3n) is 6.01. The number of piperazine rings is 1. The van der Waals surface area contributed by atoms with Crippen LogP contribution >= 0.6 is 47.9 Å². The number of hydrogen-bond donors (Lipinski definition) is 1. The maximum atomic E-state index is 13.6. The highest BCUT2D eigenvalue weighted by Gasteiger charge is 2.28. The van der Waals surface area contributed by atoms with E-state index in [4.69, 9.17) is 4.99 Å². The molecule has 1 atom stereocenters. The zero-order valence-corrected chi connectivity index (χ0v) is 22.4. The molecular formula is C26H30Cl2FN3S2. The number of benzene rings is 2. The molecule has 0 bridgehead atoms. The molecule has 1 N–H and O–H groups in total. The van der Waals surface area contributed by atoms with Crippen LogP contribution in [-0.2, 0) is 12.8 Å². The minimum Gasteiger partial charge on any atom is -0.353 e. The second-order valence-corrected chi connectivity index (χ2v) is 10.9. The fourth-order valence-electron chi connectivity index (χ4n) is 4.42. The Bertz CT molecular complexity index is 1130. The number of hydrogen-bond acceptors (Lipinski definition) is 5. The number of fused-ring (bicyclic) bond motifs is 2. The van der Waals surface area contributed by atoms with Gasteiger partial charge in [-0.1, -0.05) is 49.4 Å². The van der Waals surface area contributed by atoms with E-state index in [0.29, 0.717) is 6.04 Å². The Morgan fingerprint density at radius 2 is 1.94 bits per heavy atom. The first kappa shape index (κ1) is 27.0. The Hall–Kier alpha value is -1.57. The number of nitrogens with one attached hydrogen (secondary N) is 1. The van der Waals surface area contributed by atoms with Crippen LogP contribution in [0.25, 0.3) is 0 Å². The van der Waals surface area contributed by atoms with Gasteiger partial charge in [-0.15, -0.1) is 36.2 Å². The highest BCUT2D eigenvalue weighted by atomic mass is 35.5. The maximum absolute atomic E-state index is 13.6. The molecule has 0 unspecified atom stereocenters. The van der Waals surface area contributed by atoms with Crippen molar-refractivity contribution in [1.82, 2.24) is 10.2 Å². The highest BCUT2D eigenvalue weighted by Crippen LogP contribution is 2.44. The maximum Gasteiger partial charge on any atom is 0.138 e. The molecule has 2 aliphatic rings. The van der Waals surface area contributed by atoms with Gasteiger partial charge >= 0.3 is 0 Å². The average molecular weight is 539 g/mol. The van der Waals surface area contributed by atoms with Gasteiger partial charge in [-0.3, -0.25) is 0 Å². The van der Waals surface area contributed by atoms with Crippen LogP contribution in [0.3, 0.4) is 0 Å². The van der Waals surface area contributed by atoms with Crippen molar-refractivity contribution in [2.45, 2.75) is 47.8 Å². The summed E-state index contributed by atoms with van der Waals surface area (Å²) in [5, 5.41) is 3.66. The van der Waals surface area contributed by atoms with Crippen LogP contribution in [0, 0.1) is 5.82 Å². The average Bonchev–Trinajstić information content (AvgIpc) is 3.12. The van der Waals surface area contributed by atoms with Crippen molar-refractivity contribution in [1.29, 1.82) is 0 Å². The second-order valence-electron chi connectivity index (χ2n) is 8.43. The van der Waals surface area contributed by atoms with Crippen molar-refractivity contribution >= 4 is 59.4 Å². The van der Waals surface area contributed by atoms with E-state index in [0.717, 1.165) is 62.4 Å². The number of amidine groups is 1. The first-order chi connectivity index (χ1) is 15.7. The molecule has 2 aromatic carbocycles. The van der Waals surface area contributed by atoms with E-state index in [2.05, 4.69) is 47.5 Å². The summed E-state index contributed by atoms with van der Waals surface area (Å²) in [6.07, 6.45) is 4.13. The van der Waals surface area contributed by atoms with Crippen LogP contribution in [0.4, 0.5) is 10.1 Å². The zero-order chi connectivity index (χ0) is 21.9. The summed E-state index contributed by atoms with van der Waals surface area (Å²) >= 11 is 3.77. The fourth-order valence-corrected chi connectivity index (χ4v) is 6.98. The van der Waals surface area contributed by atoms with Gasteiger partial charge in [0.2, 0.25) is 0 Å². The van der Waals surface area contributed by atoms with Crippen LogP contribution in [0.2, 0.25) is 0 Å². The third kappa shape index (κ3) is 6.16. The lowest BCUT2D eigenvalue weighted by atomic mass is 10.0. The van der Waals surface area contributed by atoms with E-state index < -0.39 is 0 Å². The standard InChI is InChI=1S/C26H28FN3S2.2ClH/c1-2-6-21-16-22-25(29-23-9-3-4-10-24(23)32-26(22)31-21)30-14-13-28-20(17-30)12-11-18-7-5-8-19(27)15-18;;/h3-5,7-10,15-16,20,28H,2,6,11-14,17H2,1H3;2*1H/t20-;;/m0../s1. The summed E-state index contributed by atoms with van der Waals surface area (Å²) < 4.78 is 14.9. The van der Waals surface area contributed by atoms with Gasteiger partial charge in [0.05, 0.1) is 9.90 Å². The largest absolute Gasteiger partial charge is 0.353 e. The van der Waals surface area contributed by atoms with Crippen molar-refractivity contribution in [2.24, 2.45) is 4.99 Å². The summed E-state index contributed by atoms with van der Waals surface area (Å²) in [5.41, 5.74) is 3.40. The predicted molar refractivity (Wildman–Crippen MR) is 148 cm³/mol. The van der Waals surface area contributed by atoms with Crippen LogP contribution in [0.15, 0.2) is 68.7 Å². The van der Waals surface area contributed by atoms with Crippen LogP contribution < -0.4 is 5.32 Å². The summed E-state index contributed by atoms with van der Waals surface area (Å²) in [7, 11) is 0. The predicted octanol–water partition coefficient (Wildman–Crippen LogP) is 7.13. The molecule has 0 saturated carbocycles. The van der Waals surface area contributed by atoms with E-state index in [1.807, 2.05) is 29.2 Å². The molecule has 182 valence electrons. The first-order valence-corrected chi connectivity index (χ1v) is 13.0. The number of aryl methyl sites for hydroxylation is 2. The Balaban J connectivity index is 0.00000162. The fraction of sp³-hybridized carbons (Fsp3) is 0.346. The van der Waals surface area contributed by atoms with Gasteiger partial charge in [-0.2, -0.15) is 0 Å². The van der Waals surface area contributed by atoms with Gasteiger partial charge < -0.3 is 10.2 Å². The lowest BCUT2D eigenvalue weighted by Gasteiger charge is -2.36. The summed E-state index contributed by atoms with van der Waals surface area (Å²) in [5.74, 6) is 0.950. The van der Waals surface area contributed by atoms with Crippen molar-refractivity contribution in [3.05, 3.63) is 76.4 Å². The van der Waals surface area contributed by atoms with Gasteiger partial charge in [-0.25, -0.2) is 9.38 Å². The van der Waals surface area contributed by atoms with Gasteiger partial charge in [0.1, 0.15) is 11.7 Å². The lowest BCUT2D eigenvalue weighted by molar-refractivity contribution is 0.282. The minimum atomic E-state index is -0.155. The molecule has 3 nitrogen and oxygen atoms in total. The SMILES string of the molecule is CCCc1cc2c(s1)Sc1ccccc1N=C2N1CCN[C@@H](CCc2cccc(F)c2)C1.Cl.Cl. The molecule has 34 heavy (non-hydrogen) atoms. The molecule has 1 saturated heterocycles. The molecule has 1 aromatic heterocycles. The minimum absolute atomic E-state index is 0. The molecule has 8 heteroatoms. The monoisotopic (exact) mass is 537 g/mol. The van der Waals surface area contributed by atoms with Gasteiger partial charge in [-0.05, 0) is 55.2 Å². The van der Waals surface area contributed by atoms with Crippen LogP contribution in [-0.4, -0.2) is 36.4 Å².